The highest BCUT2D eigenvalue weighted by Gasteiger charge is 2.25. The highest BCUT2D eigenvalue weighted by Crippen LogP contribution is 2.47. The first-order valence-corrected chi connectivity index (χ1v) is 16.3. The maximum Gasteiger partial charge on any atom is 0.223 e. The van der Waals surface area contributed by atoms with Crippen molar-refractivity contribution in [1.29, 1.82) is 0 Å². The molecule has 4 N–H and O–H groups in total. The number of halogens is 2. The van der Waals surface area contributed by atoms with Crippen LogP contribution in [0.1, 0.15) is 45.5 Å². The van der Waals surface area contributed by atoms with Crippen molar-refractivity contribution in [2.75, 3.05) is 10.6 Å². The van der Waals surface area contributed by atoms with Gasteiger partial charge in [-0.25, -0.2) is 19.9 Å². The van der Waals surface area contributed by atoms with Crippen molar-refractivity contribution in [3.63, 3.8) is 0 Å². The molecule has 0 saturated carbocycles. The Balaban J connectivity index is 1.41. The summed E-state index contributed by atoms with van der Waals surface area (Å²) in [6, 6.07) is 24.9. The normalized spacial score (nSPS) is 12.3. The molecule has 0 aliphatic carbocycles. The fourth-order valence-corrected chi connectivity index (χ4v) is 6.66. The molecule has 6 aromatic rings. The van der Waals surface area contributed by atoms with Gasteiger partial charge in [0.2, 0.25) is 11.9 Å². The number of aromatic hydroxyl groups is 2. The molecule has 8 nitrogen and oxygen atoms in total. The SMILES string of the molecule is Cc1cc(Sc2cc(C)cc(C(Nc3ncccn3)c3ccc(Cl)cc3)c2O)c(O)c(C(Nc2ncccn2)c2ccc(Cl)cc2)c1. The predicted octanol–water partition coefficient (Wildman–Crippen LogP) is 9.16. The number of aryl methyl sites for hydroxylation is 2. The lowest BCUT2D eigenvalue weighted by Gasteiger charge is -2.24. The molecule has 236 valence electrons. The zero-order chi connectivity index (χ0) is 32.9. The van der Waals surface area contributed by atoms with Crippen molar-refractivity contribution >= 4 is 46.9 Å². The summed E-state index contributed by atoms with van der Waals surface area (Å²) in [6.07, 6.45) is 6.61. The molecule has 47 heavy (non-hydrogen) atoms. The summed E-state index contributed by atoms with van der Waals surface area (Å²) < 4.78 is 0. The molecule has 0 radical (unpaired) electrons. The highest BCUT2D eigenvalue weighted by atomic mass is 35.5. The van der Waals surface area contributed by atoms with Gasteiger partial charge in [0, 0.05) is 46.0 Å². The van der Waals surface area contributed by atoms with Crippen LogP contribution in [0.25, 0.3) is 0 Å². The molecule has 6 rings (SSSR count). The molecule has 0 aliphatic rings. The summed E-state index contributed by atoms with van der Waals surface area (Å²) in [5.74, 6) is 0.950. The smallest absolute Gasteiger partial charge is 0.223 e. The van der Waals surface area contributed by atoms with E-state index < -0.39 is 12.1 Å². The lowest BCUT2D eigenvalue weighted by atomic mass is 9.96. The third-order valence-corrected chi connectivity index (χ3v) is 8.99. The summed E-state index contributed by atoms with van der Waals surface area (Å²) in [4.78, 5) is 18.5. The summed E-state index contributed by atoms with van der Waals surface area (Å²) in [6.45, 7) is 3.93. The number of anilines is 2. The molecule has 11 heteroatoms. The average Bonchev–Trinajstić information content (AvgIpc) is 3.07. The van der Waals surface area contributed by atoms with Gasteiger partial charge in [-0.15, -0.1) is 0 Å². The van der Waals surface area contributed by atoms with E-state index in [4.69, 9.17) is 23.2 Å². The van der Waals surface area contributed by atoms with Crippen molar-refractivity contribution in [1.82, 2.24) is 19.9 Å². The zero-order valence-electron chi connectivity index (χ0n) is 25.4. The van der Waals surface area contributed by atoms with Gasteiger partial charge in [-0.05, 0) is 96.8 Å². The molecule has 0 saturated heterocycles. The number of hydrogen-bond donors (Lipinski definition) is 4. The van der Waals surface area contributed by atoms with Crippen LogP contribution in [-0.4, -0.2) is 30.1 Å². The number of benzene rings is 4. The second-order valence-electron chi connectivity index (χ2n) is 10.9. The van der Waals surface area contributed by atoms with E-state index >= 15 is 0 Å². The number of phenolic OH excluding ortho intramolecular Hbond substituents is 2. The molecular weight excluding hydrogens is 651 g/mol. The van der Waals surface area contributed by atoms with Crippen molar-refractivity contribution < 1.29 is 10.2 Å². The van der Waals surface area contributed by atoms with Crippen LogP contribution < -0.4 is 10.6 Å². The van der Waals surface area contributed by atoms with E-state index in [1.807, 2.05) is 62.4 Å². The van der Waals surface area contributed by atoms with Gasteiger partial charge in [-0.1, -0.05) is 59.2 Å². The van der Waals surface area contributed by atoms with E-state index in [9.17, 15) is 10.2 Å². The van der Waals surface area contributed by atoms with Crippen LogP contribution in [0.3, 0.4) is 0 Å². The third kappa shape index (κ3) is 7.60. The van der Waals surface area contributed by atoms with E-state index in [1.165, 1.54) is 11.8 Å². The zero-order valence-corrected chi connectivity index (χ0v) is 27.7. The Morgan fingerprint density at radius 3 is 1.30 bits per heavy atom. The molecule has 2 unspecified atom stereocenters. The van der Waals surface area contributed by atoms with Gasteiger partial charge >= 0.3 is 0 Å². The second kappa shape index (κ2) is 14.3. The van der Waals surface area contributed by atoms with Crippen molar-refractivity contribution in [3.8, 4) is 11.5 Å². The number of nitrogens with zero attached hydrogens (tertiary/aromatic N) is 4. The number of phenols is 2. The van der Waals surface area contributed by atoms with Crippen LogP contribution in [0.5, 0.6) is 11.5 Å². The number of hydrogen-bond acceptors (Lipinski definition) is 9. The Hall–Kier alpha value is -4.83. The van der Waals surface area contributed by atoms with Crippen LogP contribution in [0, 0.1) is 13.8 Å². The molecule has 2 heterocycles. The molecule has 0 fully saturated rings. The minimum atomic E-state index is -0.500. The molecule has 2 atom stereocenters. The van der Waals surface area contributed by atoms with Gasteiger partial charge in [-0.2, -0.15) is 0 Å². The van der Waals surface area contributed by atoms with E-state index in [0.717, 1.165) is 22.3 Å². The molecule has 2 aromatic heterocycles. The maximum absolute atomic E-state index is 11.8. The van der Waals surface area contributed by atoms with Crippen LogP contribution in [0.2, 0.25) is 10.0 Å². The van der Waals surface area contributed by atoms with E-state index in [0.29, 0.717) is 42.9 Å². The monoisotopic (exact) mass is 680 g/mol. The van der Waals surface area contributed by atoms with E-state index in [-0.39, 0.29) is 11.5 Å². The Kier molecular flexibility index (Phi) is 9.77. The van der Waals surface area contributed by atoms with Gasteiger partial charge in [-0.3, -0.25) is 0 Å². The summed E-state index contributed by atoms with van der Waals surface area (Å²) in [5, 5.41) is 31.6. The topological polar surface area (TPSA) is 116 Å². The van der Waals surface area contributed by atoms with Crippen LogP contribution in [-0.2, 0) is 0 Å². The highest BCUT2D eigenvalue weighted by molar-refractivity contribution is 7.99. The van der Waals surface area contributed by atoms with Crippen molar-refractivity contribution in [2.45, 2.75) is 35.7 Å². The first kappa shape index (κ1) is 32.1. The molecular formula is C36H30Cl2N6O2S. The van der Waals surface area contributed by atoms with Gasteiger partial charge in [0.05, 0.1) is 21.9 Å². The van der Waals surface area contributed by atoms with Crippen molar-refractivity contribution in [3.05, 3.63) is 153 Å². The Morgan fingerprint density at radius 1 is 0.574 bits per heavy atom. The van der Waals surface area contributed by atoms with Gasteiger partial charge in [0.1, 0.15) is 11.5 Å². The van der Waals surface area contributed by atoms with Crippen LogP contribution in [0.4, 0.5) is 11.9 Å². The quantitative estimate of drug-likeness (QED) is 0.112. The summed E-state index contributed by atoms with van der Waals surface area (Å²) in [7, 11) is 0. The molecule has 0 spiro atoms. The summed E-state index contributed by atoms with van der Waals surface area (Å²) in [5.41, 5.74) is 4.81. The van der Waals surface area contributed by atoms with Gasteiger partial charge < -0.3 is 20.8 Å². The lowest BCUT2D eigenvalue weighted by Crippen LogP contribution is -2.15. The van der Waals surface area contributed by atoms with Gasteiger partial charge in [0.25, 0.3) is 0 Å². The Bertz CT molecular complexity index is 1840. The minimum absolute atomic E-state index is 0.0662. The Labute approximate surface area is 286 Å². The first-order valence-electron chi connectivity index (χ1n) is 14.7. The fourth-order valence-electron chi connectivity index (χ4n) is 5.26. The molecule has 0 aliphatic heterocycles. The first-order chi connectivity index (χ1) is 22.7. The standard InChI is InChI=1S/C36H30Cl2N6O2S/c1-21-17-27(31(23-5-9-25(37)10-6-23)43-35-39-13-3-14-40-35)33(45)29(19-21)47-30-20-22(2)18-28(34(30)46)32(24-7-11-26(38)12-8-24)44-36-41-15-4-16-42-36/h3-20,31-32,45-46H,1-2H3,(H,39,40,43)(H,41,42,44). The molecule has 0 amide bonds. The second-order valence-corrected chi connectivity index (χ2v) is 12.9. The number of aromatic nitrogens is 4. The minimum Gasteiger partial charge on any atom is -0.506 e. The largest absolute Gasteiger partial charge is 0.506 e. The van der Waals surface area contributed by atoms with E-state index in [1.54, 1.807) is 61.2 Å². The molecule has 4 aromatic carbocycles. The Morgan fingerprint density at radius 2 is 0.936 bits per heavy atom. The van der Waals surface area contributed by atoms with Gasteiger partial charge in [0.15, 0.2) is 0 Å². The lowest BCUT2D eigenvalue weighted by molar-refractivity contribution is 0.450. The van der Waals surface area contributed by atoms with Crippen LogP contribution >= 0.6 is 35.0 Å². The predicted molar refractivity (Wildman–Crippen MR) is 188 cm³/mol. The average molecular weight is 682 g/mol. The van der Waals surface area contributed by atoms with E-state index in [2.05, 4.69) is 30.6 Å². The van der Waals surface area contributed by atoms with Crippen LogP contribution in [0.15, 0.2) is 120 Å². The number of rotatable bonds is 10. The number of nitrogens with one attached hydrogen (secondary N) is 2. The summed E-state index contributed by atoms with van der Waals surface area (Å²) >= 11 is 13.7. The molecule has 0 bridgehead atoms. The fraction of sp³-hybridized carbons (Fsp3) is 0.111. The van der Waals surface area contributed by atoms with Crippen molar-refractivity contribution in [2.24, 2.45) is 0 Å². The third-order valence-electron chi connectivity index (χ3n) is 7.42. The maximum atomic E-state index is 11.8.